The van der Waals surface area contributed by atoms with E-state index in [2.05, 4.69) is 21.3 Å². The summed E-state index contributed by atoms with van der Waals surface area (Å²) in [7, 11) is 0. The van der Waals surface area contributed by atoms with E-state index in [9.17, 15) is 69.6 Å². The maximum absolute atomic E-state index is 13.6. The van der Waals surface area contributed by atoms with Crippen molar-refractivity contribution >= 4 is 47.8 Å². The lowest BCUT2D eigenvalue weighted by Gasteiger charge is -2.31. The van der Waals surface area contributed by atoms with Crippen LogP contribution in [0.25, 0.3) is 0 Å². The van der Waals surface area contributed by atoms with Gasteiger partial charge in [0.2, 0.25) is 12.8 Å². The molecule has 0 saturated heterocycles. The second-order valence-corrected chi connectivity index (χ2v) is 14.2. The Hall–Kier alpha value is -5.06. The van der Waals surface area contributed by atoms with Crippen molar-refractivity contribution in [1.29, 1.82) is 0 Å². The highest BCUT2D eigenvalue weighted by molar-refractivity contribution is 6.08. The summed E-state index contributed by atoms with van der Waals surface area (Å²) in [4.78, 5) is 81.5. The van der Waals surface area contributed by atoms with E-state index in [1.165, 1.54) is 34.6 Å². The first kappa shape index (κ1) is 71.5. The van der Waals surface area contributed by atoms with Crippen molar-refractivity contribution in [3.63, 3.8) is 0 Å². The molecule has 2 unspecified atom stereocenters. The van der Waals surface area contributed by atoms with E-state index in [0.29, 0.717) is 18.4 Å². The molecule has 0 aliphatic rings. The van der Waals surface area contributed by atoms with E-state index in [1.807, 2.05) is 69.2 Å². The summed E-state index contributed by atoms with van der Waals surface area (Å²) in [5, 5.41) is 89.7. The maximum atomic E-state index is 13.6. The van der Waals surface area contributed by atoms with Crippen molar-refractivity contribution in [3.05, 3.63) is 55.6 Å². The summed E-state index contributed by atoms with van der Waals surface area (Å²) in [6.45, 7) is 24.8. The first-order valence-corrected chi connectivity index (χ1v) is 24.4. The molecule has 2 rings (SSSR count). The van der Waals surface area contributed by atoms with Crippen LogP contribution in [0.4, 0.5) is 11.4 Å². The van der Waals surface area contributed by atoms with Gasteiger partial charge in [0.15, 0.2) is 0 Å². The van der Waals surface area contributed by atoms with Gasteiger partial charge in [0.1, 0.15) is 0 Å². The van der Waals surface area contributed by atoms with Crippen molar-refractivity contribution in [3.8, 4) is 0 Å². The van der Waals surface area contributed by atoms with Crippen LogP contribution < -0.4 is 31.1 Å². The summed E-state index contributed by atoms with van der Waals surface area (Å²) < 4.78 is 0. The van der Waals surface area contributed by atoms with Gasteiger partial charge in [-0.15, -0.1) is 0 Å². The normalized spacial score (nSPS) is 10.9. The molecule has 0 bridgehead atoms. The number of carbonyl (C=O) groups is 6. The van der Waals surface area contributed by atoms with Crippen LogP contribution in [0.2, 0.25) is 0 Å². The Kier molecular flexibility index (Phi) is 41.5. The number of amides is 6. The number of nitrogens with one attached hydrogen (secondary N) is 4. The van der Waals surface area contributed by atoms with Gasteiger partial charge in [0.25, 0.3) is 23.6 Å². The van der Waals surface area contributed by atoms with Crippen LogP contribution in [-0.2, 0) is 16.0 Å². The second-order valence-electron chi connectivity index (χ2n) is 14.2. The van der Waals surface area contributed by atoms with Crippen LogP contribution >= 0.6 is 0 Å². The number of aliphatic hydroxyl groups excluding tert-OH is 8. The third-order valence-electron chi connectivity index (χ3n) is 10.1. The number of hydrogen-bond donors (Lipinski definition) is 12. The molecule has 0 fully saturated rings. The van der Waals surface area contributed by atoms with E-state index in [4.69, 9.17) is 0 Å². The molecule has 2 aromatic rings. The van der Waals surface area contributed by atoms with Crippen LogP contribution in [0.1, 0.15) is 157 Å². The molecule has 6 amide bonds. The smallest absolute Gasteiger partial charge is 0.252 e. The van der Waals surface area contributed by atoms with Gasteiger partial charge in [-0.1, -0.05) is 76.2 Å². The number of carbonyl (C=O) groups excluding carboxylic acids is 6. The molecule has 70 heavy (non-hydrogen) atoms. The van der Waals surface area contributed by atoms with E-state index >= 15 is 0 Å². The van der Waals surface area contributed by atoms with Crippen LogP contribution in [0.5, 0.6) is 0 Å². The number of rotatable bonds is 25. The van der Waals surface area contributed by atoms with Gasteiger partial charge in [-0.25, -0.2) is 0 Å². The minimum absolute atomic E-state index is 0.0114. The van der Waals surface area contributed by atoms with Crippen molar-refractivity contribution in [2.75, 3.05) is 75.6 Å². The average molecular weight is 999 g/mol. The molecule has 20 heteroatoms. The summed E-state index contributed by atoms with van der Waals surface area (Å²) in [5.41, 5.74) is 1.45. The molecule has 0 aromatic heterocycles. The number of hydrogen-bond acceptors (Lipinski definition) is 14. The van der Waals surface area contributed by atoms with Crippen LogP contribution in [-0.4, -0.2) is 167 Å². The zero-order chi connectivity index (χ0) is 55.4. The van der Waals surface area contributed by atoms with Crippen molar-refractivity contribution in [2.24, 2.45) is 0 Å². The Labute approximate surface area is 416 Å². The average Bonchev–Trinajstić information content (AvgIpc) is 3.37. The van der Waals surface area contributed by atoms with Crippen LogP contribution in [0, 0.1) is 34.6 Å². The summed E-state index contributed by atoms with van der Waals surface area (Å²) in [5.74, 6) is -2.89. The van der Waals surface area contributed by atoms with Gasteiger partial charge in [0, 0.05) is 41.8 Å². The molecule has 0 saturated carbocycles. The predicted octanol–water partition coefficient (Wildman–Crippen LogP) is 2.27. The molecule has 404 valence electrons. The van der Waals surface area contributed by atoms with Crippen molar-refractivity contribution in [1.82, 2.24) is 21.3 Å². The Morgan fingerprint density at radius 1 is 0.486 bits per heavy atom. The highest BCUT2D eigenvalue weighted by Crippen LogP contribution is 2.36. The lowest BCUT2D eigenvalue weighted by molar-refractivity contribution is -0.108. The lowest BCUT2D eigenvalue weighted by Crippen LogP contribution is -2.42. The molecule has 0 heterocycles. The Morgan fingerprint density at radius 3 is 1.10 bits per heavy atom. The number of anilines is 2. The molecular formula is C50H90N6O14. The van der Waals surface area contributed by atoms with Gasteiger partial charge >= 0.3 is 0 Å². The standard InChI is InChI=1S/C40H60N6O14.5C2H6/c1-7-30-34(38(58)42-9-11-48)22(3)33(40(60)44-27(17-51)18-52)25(6)36(30)46(20-54)14-29(56)12-28(55)13-45(19-53)35-23(4)31(37(57)41-8-10-47)21(2)32(24(35)5)39(59)43-26(15-49)16-50;5*1-2/h19-20,26-29,47-52,55-56H,7-18H2,1-6H3,(H,41,57)(H,42,58)(H,43,59)(H,44,60);5*1-2H3. The van der Waals surface area contributed by atoms with Gasteiger partial charge in [-0.05, 0) is 74.4 Å². The summed E-state index contributed by atoms with van der Waals surface area (Å²) >= 11 is 0. The quantitative estimate of drug-likeness (QED) is 0.0636. The van der Waals surface area contributed by atoms with Crippen molar-refractivity contribution < 1.29 is 69.6 Å². The van der Waals surface area contributed by atoms with Crippen LogP contribution in [0.15, 0.2) is 0 Å². The molecule has 2 aromatic carbocycles. The first-order chi connectivity index (χ1) is 33.5. The second kappa shape index (κ2) is 40.6. The third kappa shape index (κ3) is 20.3. The zero-order valence-electron chi connectivity index (χ0n) is 44.9. The monoisotopic (exact) mass is 999 g/mol. The number of benzene rings is 2. The molecule has 0 radical (unpaired) electrons. The molecule has 0 aliphatic heterocycles. The van der Waals surface area contributed by atoms with E-state index < -0.39 is 100 Å². The molecule has 20 nitrogen and oxygen atoms in total. The molecule has 12 N–H and O–H groups in total. The highest BCUT2D eigenvalue weighted by Gasteiger charge is 2.32. The van der Waals surface area contributed by atoms with Gasteiger partial charge in [-0.3, -0.25) is 28.8 Å². The van der Waals surface area contributed by atoms with Gasteiger partial charge in [0.05, 0.1) is 88.4 Å². The SMILES string of the molecule is CC.CC.CC.CC.CC.CCc1c(C(=O)NCCO)c(C)c(C(=O)NC(CO)CO)c(C)c1N(C=O)CC(O)CC(O)CN(C=O)c1c(C)c(C(=O)NCCO)c(C)c(C(=O)NC(CO)CO)c1C. The van der Waals surface area contributed by atoms with Gasteiger partial charge < -0.3 is 71.9 Å². The van der Waals surface area contributed by atoms with E-state index in [1.54, 1.807) is 6.92 Å². The van der Waals surface area contributed by atoms with Crippen molar-refractivity contribution in [2.45, 2.75) is 148 Å². The highest BCUT2D eigenvalue weighted by atomic mass is 16.3. The minimum Gasteiger partial charge on any atom is -0.395 e. The summed E-state index contributed by atoms with van der Waals surface area (Å²) in [6.07, 6.45) is -2.53. The molecule has 0 spiro atoms. The predicted molar refractivity (Wildman–Crippen MR) is 276 cm³/mol. The van der Waals surface area contributed by atoms with Gasteiger partial charge in [-0.2, -0.15) is 0 Å². The lowest BCUT2D eigenvalue weighted by atomic mass is 9.87. The fourth-order valence-corrected chi connectivity index (χ4v) is 7.41. The van der Waals surface area contributed by atoms with Crippen LogP contribution in [0.3, 0.4) is 0 Å². The fraction of sp³-hybridized carbons (Fsp3) is 0.640. The minimum atomic E-state index is -1.49. The van der Waals surface area contributed by atoms with E-state index in [-0.39, 0.29) is 87.6 Å². The molecular weight excluding hydrogens is 909 g/mol. The number of aliphatic hydroxyl groups is 8. The Balaban J connectivity index is -0.00000204. The maximum Gasteiger partial charge on any atom is 0.252 e. The molecule has 0 aliphatic carbocycles. The molecule has 2 atom stereocenters. The number of nitrogens with zero attached hydrogens (tertiary/aromatic N) is 2. The zero-order valence-corrected chi connectivity index (χ0v) is 44.9. The fourth-order valence-electron chi connectivity index (χ4n) is 7.41. The largest absolute Gasteiger partial charge is 0.395 e. The topological polar surface area (TPSA) is 319 Å². The first-order valence-electron chi connectivity index (χ1n) is 24.4. The Bertz CT molecular complexity index is 1860. The summed E-state index contributed by atoms with van der Waals surface area (Å²) in [6, 6.07) is -2.10. The van der Waals surface area contributed by atoms with E-state index in [0.717, 1.165) is 9.80 Å². The Morgan fingerprint density at radius 2 is 0.786 bits per heavy atom. The third-order valence-corrected chi connectivity index (χ3v) is 10.1.